The standard InChI is InChI=1S/C20H20Cl2N4OS2/c1-12(2)13-4-7-16(8-5-13)24-19-25-26-20(29-19)28-11-18(27)23-10-14-3-6-15(21)9-17(14)22/h3-9,12H,10-11H2,1-2H3,(H,23,27)(H,24,25). The number of hydrogen-bond acceptors (Lipinski definition) is 6. The second-order valence-electron chi connectivity index (χ2n) is 6.58. The highest BCUT2D eigenvalue weighted by Gasteiger charge is 2.10. The van der Waals surface area contributed by atoms with Crippen LogP contribution in [0, 0.1) is 0 Å². The summed E-state index contributed by atoms with van der Waals surface area (Å²) in [5, 5.41) is 16.1. The number of carbonyl (C=O) groups excluding carboxylic acids is 1. The van der Waals surface area contributed by atoms with E-state index in [0.29, 0.717) is 27.6 Å². The smallest absolute Gasteiger partial charge is 0.230 e. The van der Waals surface area contributed by atoms with E-state index in [-0.39, 0.29) is 11.7 Å². The highest BCUT2D eigenvalue weighted by Crippen LogP contribution is 2.28. The second kappa shape index (κ2) is 10.3. The molecule has 0 aliphatic rings. The number of hydrogen-bond donors (Lipinski definition) is 2. The van der Waals surface area contributed by atoms with Gasteiger partial charge in [-0.05, 0) is 41.3 Å². The van der Waals surface area contributed by atoms with E-state index in [0.717, 1.165) is 15.6 Å². The average Bonchev–Trinajstić information content (AvgIpc) is 3.13. The van der Waals surface area contributed by atoms with E-state index in [1.165, 1.54) is 28.7 Å². The predicted octanol–water partition coefficient (Wildman–Crippen LogP) is 6.12. The summed E-state index contributed by atoms with van der Waals surface area (Å²) in [5.41, 5.74) is 3.06. The molecule has 1 aromatic heterocycles. The maximum atomic E-state index is 12.1. The van der Waals surface area contributed by atoms with Crippen LogP contribution in [0.3, 0.4) is 0 Å². The first-order chi connectivity index (χ1) is 13.9. The molecule has 0 aliphatic carbocycles. The van der Waals surface area contributed by atoms with Crippen LogP contribution in [-0.2, 0) is 11.3 Å². The van der Waals surface area contributed by atoms with Gasteiger partial charge in [-0.1, -0.05) is 78.3 Å². The van der Waals surface area contributed by atoms with Crippen molar-refractivity contribution < 1.29 is 4.79 Å². The van der Waals surface area contributed by atoms with E-state index in [2.05, 4.69) is 46.8 Å². The molecule has 0 atom stereocenters. The molecule has 9 heteroatoms. The molecule has 29 heavy (non-hydrogen) atoms. The van der Waals surface area contributed by atoms with Crippen LogP contribution in [0.2, 0.25) is 10.0 Å². The van der Waals surface area contributed by atoms with Gasteiger partial charge in [0, 0.05) is 22.3 Å². The molecule has 2 N–H and O–H groups in total. The lowest BCUT2D eigenvalue weighted by Gasteiger charge is -2.07. The first-order valence-corrected chi connectivity index (χ1v) is 11.5. The van der Waals surface area contributed by atoms with Crippen molar-refractivity contribution in [2.45, 2.75) is 30.6 Å². The molecule has 5 nitrogen and oxygen atoms in total. The minimum absolute atomic E-state index is 0.102. The summed E-state index contributed by atoms with van der Waals surface area (Å²) in [7, 11) is 0. The van der Waals surface area contributed by atoms with E-state index in [1.807, 2.05) is 12.1 Å². The average molecular weight is 467 g/mol. The van der Waals surface area contributed by atoms with E-state index in [1.54, 1.807) is 18.2 Å². The summed E-state index contributed by atoms with van der Waals surface area (Å²) in [4.78, 5) is 12.1. The third-order valence-corrected chi connectivity index (χ3v) is 6.61. The molecule has 0 unspecified atom stereocenters. The molecule has 0 aliphatic heterocycles. The van der Waals surface area contributed by atoms with Gasteiger partial charge in [-0.15, -0.1) is 10.2 Å². The number of benzene rings is 2. The second-order valence-corrected chi connectivity index (χ2v) is 9.62. The van der Waals surface area contributed by atoms with Gasteiger partial charge in [-0.25, -0.2) is 0 Å². The molecule has 0 saturated heterocycles. The van der Waals surface area contributed by atoms with Crippen LogP contribution in [0.25, 0.3) is 0 Å². The van der Waals surface area contributed by atoms with Gasteiger partial charge < -0.3 is 10.6 Å². The minimum atomic E-state index is -0.102. The van der Waals surface area contributed by atoms with E-state index < -0.39 is 0 Å². The molecular weight excluding hydrogens is 447 g/mol. The molecule has 0 radical (unpaired) electrons. The molecule has 3 rings (SSSR count). The zero-order valence-electron chi connectivity index (χ0n) is 15.9. The fourth-order valence-corrected chi connectivity index (χ4v) is 4.51. The summed E-state index contributed by atoms with van der Waals surface area (Å²) in [6, 6.07) is 13.5. The third kappa shape index (κ3) is 6.60. The Hall–Kier alpha value is -1.80. The van der Waals surface area contributed by atoms with Crippen LogP contribution in [0.15, 0.2) is 46.8 Å². The maximum Gasteiger partial charge on any atom is 0.230 e. The lowest BCUT2D eigenvalue weighted by molar-refractivity contribution is -0.118. The Balaban J connectivity index is 1.46. The normalized spacial score (nSPS) is 10.9. The molecule has 0 bridgehead atoms. The highest BCUT2D eigenvalue weighted by atomic mass is 35.5. The quantitative estimate of drug-likeness (QED) is 0.391. The largest absolute Gasteiger partial charge is 0.351 e. The van der Waals surface area contributed by atoms with Gasteiger partial charge in [-0.3, -0.25) is 4.79 Å². The van der Waals surface area contributed by atoms with E-state index in [9.17, 15) is 4.79 Å². The van der Waals surface area contributed by atoms with Crippen molar-refractivity contribution in [2.24, 2.45) is 0 Å². The zero-order valence-corrected chi connectivity index (χ0v) is 19.1. The maximum absolute atomic E-state index is 12.1. The number of carbonyl (C=O) groups is 1. The van der Waals surface area contributed by atoms with E-state index in [4.69, 9.17) is 23.2 Å². The number of rotatable bonds is 8. The van der Waals surface area contributed by atoms with Gasteiger partial charge in [0.15, 0.2) is 4.34 Å². The van der Waals surface area contributed by atoms with Crippen LogP contribution < -0.4 is 10.6 Å². The third-order valence-electron chi connectivity index (χ3n) is 4.05. The fraction of sp³-hybridized carbons (Fsp3) is 0.250. The Morgan fingerprint density at radius 1 is 1.14 bits per heavy atom. The van der Waals surface area contributed by atoms with Crippen LogP contribution in [-0.4, -0.2) is 21.9 Å². The number of nitrogens with one attached hydrogen (secondary N) is 2. The van der Waals surface area contributed by atoms with Crippen molar-refractivity contribution in [2.75, 3.05) is 11.1 Å². The Kier molecular flexibility index (Phi) is 7.77. The number of halogens is 2. The van der Waals surface area contributed by atoms with Crippen molar-refractivity contribution in [3.8, 4) is 0 Å². The molecule has 2 aromatic carbocycles. The molecule has 0 saturated carbocycles. The predicted molar refractivity (Wildman–Crippen MR) is 123 cm³/mol. The van der Waals surface area contributed by atoms with Crippen LogP contribution >= 0.6 is 46.3 Å². The summed E-state index contributed by atoms with van der Waals surface area (Å²) in [5.74, 6) is 0.647. The fourth-order valence-electron chi connectivity index (χ4n) is 2.43. The van der Waals surface area contributed by atoms with Gasteiger partial charge in [0.05, 0.1) is 5.75 Å². The van der Waals surface area contributed by atoms with Gasteiger partial charge in [0.1, 0.15) is 0 Å². The van der Waals surface area contributed by atoms with E-state index >= 15 is 0 Å². The van der Waals surface area contributed by atoms with Gasteiger partial charge in [-0.2, -0.15) is 0 Å². The Labute approximate surface area is 188 Å². The van der Waals surface area contributed by atoms with Crippen LogP contribution in [0.4, 0.5) is 10.8 Å². The SMILES string of the molecule is CC(C)c1ccc(Nc2nnc(SCC(=O)NCc3ccc(Cl)cc3Cl)s2)cc1. The summed E-state index contributed by atoms with van der Waals surface area (Å²) in [6.07, 6.45) is 0. The molecule has 0 fully saturated rings. The summed E-state index contributed by atoms with van der Waals surface area (Å²) >= 11 is 14.8. The molecule has 0 spiro atoms. The van der Waals surface area contributed by atoms with Crippen molar-refractivity contribution in [3.63, 3.8) is 0 Å². The van der Waals surface area contributed by atoms with Gasteiger partial charge >= 0.3 is 0 Å². The van der Waals surface area contributed by atoms with Crippen molar-refractivity contribution in [1.29, 1.82) is 0 Å². The lowest BCUT2D eigenvalue weighted by Crippen LogP contribution is -2.24. The van der Waals surface area contributed by atoms with Crippen LogP contribution in [0.5, 0.6) is 0 Å². The first kappa shape index (κ1) is 21.9. The molecule has 1 heterocycles. The summed E-state index contributed by atoms with van der Waals surface area (Å²) in [6.45, 7) is 4.68. The van der Waals surface area contributed by atoms with Crippen LogP contribution in [0.1, 0.15) is 30.9 Å². The Morgan fingerprint density at radius 2 is 1.90 bits per heavy atom. The monoisotopic (exact) mass is 466 g/mol. The van der Waals surface area contributed by atoms with Crippen molar-refractivity contribution in [3.05, 3.63) is 63.6 Å². The highest BCUT2D eigenvalue weighted by molar-refractivity contribution is 8.01. The number of anilines is 2. The van der Waals surface area contributed by atoms with Gasteiger partial charge in [0.25, 0.3) is 0 Å². The topological polar surface area (TPSA) is 66.9 Å². The number of aromatic nitrogens is 2. The molecule has 152 valence electrons. The Morgan fingerprint density at radius 3 is 2.59 bits per heavy atom. The van der Waals surface area contributed by atoms with Crippen molar-refractivity contribution in [1.82, 2.24) is 15.5 Å². The number of amides is 1. The number of thioether (sulfide) groups is 1. The van der Waals surface area contributed by atoms with Crippen molar-refractivity contribution >= 4 is 63.0 Å². The minimum Gasteiger partial charge on any atom is -0.351 e. The summed E-state index contributed by atoms with van der Waals surface area (Å²) < 4.78 is 0.728. The first-order valence-electron chi connectivity index (χ1n) is 8.94. The van der Waals surface area contributed by atoms with Gasteiger partial charge in [0.2, 0.25) is 11.0 Å². The number of nitrogens with zero attached hydrogens (tertiary/aromatic N) is 2. The lowest BCUT2D eigenvalue weighted by atomic mass is 10.0. The molecule has 3 aromatic rings. The Bertz CT molecular complexity index is 977. The molecular formula is C20H20Cl2N4OS2. The molecule has 1 amide bonds. The zero-order chi connectivity index (χ0) is 20.8.